The van der Waals surface area contributed by atoms with Crippen LogP contribution in [0.1, 0.15) is 32.6 Å². The molecule has 0 saturated carbocycles. The second-order valence-corrected chi connectivity index (χ2v) is 5.98. The van der Waals surface area contributed by atoms with Crippen molar-refractivity contribution in [3.8, 4) is 0 Å². The van der Waals surface area contributed by atoms with E-state index in [1.807, 2.05) is 6.08 Å². The number of hydrogen-bond donors (Lipinski definition) is 0. The predicted molar refractivity (Wildman–Crippen MR) is 80.2 cm³/mol. The first kappa shape index (κ1) is 13.7. The summed E-state index contributed by atoms with van der Waals surface area (Å²) in [5, 5.41) is 10.8. The van der Waals surface area contributed by atoms with Crippen LogP contribution in [-0.4, -0.2) is 4.92 Å². The number of hydrogen-bond acceptors (Lipinski definition) is 3. The maximum Gasteiger partial charge on any atom is 0.324 e. The van der Waals surface area contributed by atoms with Crippen molar-refractivity contribution in [3.63, 3.8) is 0 Å². The van der Waals surface area contributed by atoms with Gasteiger partial charge >= 0.3 is 5.00 Å². The van der Waals surface area contributed by atoms with Gasteiger partial charge in [-0.25, -0.2) is 0 Å². The van der Waals surface area contributed by atoms with Crippen LogP contribution in [0.15, 0.2) is 40.5 Å². The Morgan fingerprint density at radius 1 is 1.16 bits per heavy atom. The molecule has 0 N–H and O–H groups in total. The monoisotopic (exact) mass is 275 g/mol. The van der Waals surface area contributed by atoms with Crippen molar-refractivity contribution in [2.24, 2.45) is 5.92 Å². The molecule has 1 aromatic rings. The van der Waals surface area contributed by atoms with Crippen LogP contribution >= 0.6 is 11.3 Å². The fourth-order valence-corrected chi connectivity index (χ4v) is 3.13. The van der Waals surface area contributed by atoms with Gasteiger partial charge in [-0.2, -0.15) is 0 Å². The van der Waals surface area contributed by atoms with Crippen LogP contribution in [-0.2, 0) is 0 Å². The third-order valence-electron chi connectivity index (χ3n) is 3.92. The fourth-order valence-electron chi connectivity index (χ4n) is 2.39. The Morgan fingerprint density at radius 2 is 1.74 bits per heavy atom. The Balaban J connectivity index is 2.22. The van der Waals surface area contributed by atoms with Gasteiger partial charge in [0, 0.05) is 16.9 Å². The van der Waals surface area contributed by atoms with Crippen molar-refractivity contribution in [1.29, 1.82) is 0 Å². The Labute approximate surface area is 117 Å². The molecule has 1 aromatic heterocycles. The highest BCUT2D eigenvalue weighted by Gasteiger charge is 2.21. The van der Waals surface area contributed by atoms with Gasteiger partial charge in [-0.1, -0.05) is 28.6 Å². The summed E-state index contributed by atoms with van der Waals surface area (Å²) in [6, 6.07) is 3.35. The minimum Gasteiger partial charge on any atom is -0.258 e. The van der Waals surface area contributed by atoms with Gasteiger partial charge in [0.15, 0.2) is 0 Å². The van der Waals surface area contributed by atoms with Crippen molar-refractivity contribution in [3.05, 3.63) is 55.5 Å². The summed E-state index contributed by atoms with van der Waals surface area (Å²) < 4.78 is 0. The molecule has 19 heavy (non-hydrogen) atoms. The largest absolute Gasteiger partial charge is 0.324 e. The molecule has 4 heteroatoms. The van der Waals surface area contributed by atoms with Crippen LogP contribution < -0.4 is 0 Å². The molecule has 0 aliphatic heterocycles. The lowest BCUT2D eigenvalue weighted by Crippen LogP contribution is -1.95. The maximum atomic E-state index is 10.6. The predicted octanol–water partition coefficient (Wildman–Crippen LogP) is 4.97. The second kappa shape index (κ2) is 5.13. The van der Waals surface area contributed by atoms with Crippen LogP contribution in [0.5, 0.6) is 0 Å². The van der Waals surface area contributed by atoms with E-state index in [1.165, 1.54) is 33.6 Å². The lowest BCUT2D eigenvalue weighted by molar-refractivity contribution is -0.380. The van der Waals surface area contributed by atoms with Gasteiger partial charge in [-0.3, -0.25) is 10.1 Å². The van der Waals surface area contributed by atoms with Gasteiger partial charge in [-0.05, 0) is 51.0 Å². The summed E-state index contributed by atoms with van der Waals surface area (Å²) in [7, 11) is 0. The molecule has 0 amide bonds. The minimum atomic E-state index is -0.345. The number of rotatable bonds is 3. The van der Waals surface area contributed by atoms with Crippen molar-refractivity contribution >= 4 is 22.4 Å². The molecule has 0 fully saturated rings. The molecular weight excluding hydrogens is 258 g/mol. The van der Waals surface area contributed by atoms with Crippen molar-refractivity contribution in [2.75, 3.05) is 0 Å². The van der Waals surface area contributed by atoms with Crippen LogP contribution in [0.2, 0.25) is 0 Å². The van der Waals surface area contributed by atoms with Crippen molar-refractivity contribution in [2.45, 2.75) is 27.7 Å². The van der Waals surface area contributed by atoms with Crippen LogP contribution in [0, 0.1) is 16.0 Å². The van der Waals surface area contributed by atoms with E-state index in [9.17, 15) is 10.1 Å². The summed E-state index contributed by atoms with van der Waals surface area (Å²) in [6.07, 6.45) is 4.13. The normalized spacial score (nSPS) is 17.1. The van der Waals surface area contributed by atoms with Crippen LogP contribution in [0.4, 0.5) is 5.00 Å². The first-order valence-electron chi connectivity index (χ1n) is 6.19. The summed E-state index contributed by atoms with van der Waals surface area (Å²) in [4.78, 5) is 11.2. The summed E-state index contributed by atoms with van der Waals surface area (Å²) >= 11 is 1.21. The highest BCUT2D eigenvalue weighted by atomic mass is 32.1. The van der Waals surface area contributed by atoms with Gasteiger partial charge in [0.1, 0.15) is 0 Å². The van der Waals surface area contributed by atoms with E-state index in [0.717, 1.165) is 4.88 Å². The van der Waals surface area contributed by atoms with Gasteiger partial charge in [0.2, 0.25) is 0 Å². The Bertz CT molecular complexity index is 596. The third-order valence-corrected chi connectivity index (χ3v) is 4.93. The number of thiophene rings is 1. The fraction of sp³-hybridized carbons (Fsp3) is 0.333. The van der Waals surface area contributed by atoms with E-state index in [2.05, 4.69) is 33.8 Å². The van der Waals surface area contributed by atoms with Crippen molar-refractivity contribution < 1.29 is 4.92 Å². The molecule has 0 saturated heterocycles. The molecule has 0 radical (unpaired) electrons. The van der Waals surface area contributed by atoms with Gasteiger partial charge in [-0.15, -0.1) is 0 Å². The molecular formula is C15H17NO2S. The zero-order valence-corrected chi connectivity index (χ0v) is 12.4. The van der Waals surface area contributed by atoms with Crippen LogP contribution in [0.3, 0.4) is 0 Å². The minimum absolute atomic E-state index is 0.193. The lowest BCUT2D eigenvalue weighted by atomic mass is 9.96. The standard InChI is InChI=1S/C15H17NO2S/c1-9-10(2)12(4)14(11(9)3)7-5-13-6-8-15(19-13)16(17)18/h5-8,14H,1-4H3/b7-5+. The summed E-state index contributed by atoms with van der Waals surface area (Å²) in [6.45, 7) is 8.61. The molecule has 0 unspecified atom stereocenters. The first-order valence-corrected chi connectivity index (χ1v) is 7.01. The lowest BCUT2D eigenvalue weighted by Gasteiger charge is -2.08. The zero-order chi connectivity index (χ0) is 14.2. The Kier molecular flexibility index (Phi) is 3.71. The van der Waals surface area contributed by atoms with Gasteiger partial charge in [0.05, 0.1) is 4.92 Å². The smallest absolute Gasteiger partial charge is 0.258 e. The van der Waals surface area contributed by atoms with Gasteiger partial charge in [0.25, 0.3) is 0 Å². The number of nitrogens with zero attached hydrogens (tertiary/aromatic N) is 1. The Hall–Kier alpha value is -1.68. The second-order valence-electron chi connectivity index (χ2n) is 4.89. The molecule has 100 valence electrons. The molecule has 0 bridgehead atoms. The van der Waals surface area contributed by atoms with E-state index in [0.29, 0.717) is 5.92 Å². The van der Waals surface area contributed by atoms with Gasteiger partial charge < -0.3 is 0 Å². The van der Waals surface area contributed by atoms with Crippen LogP contribution in [0.25, 0.3) is 6.08 Å². The molecule has 3 nitrogen and oxygen atoms in total. The van der Waals surface area contributed by atoms with E-state index < -0.39 is 0 Å². The average molecular weight is 275 g/mol. The molecule has 0 aromatic carbocycles. The average Bonchev–Trinajstić information content (AvgIpc) is 2.91. The molecule has 1 aliphatic carbocycles. The maximum absolute atomic E-state index is 10.6. The molecule has 2 rings (SSSR count). The quantitative estimate of drug-likeness (QED) is 0.577. The molecule has 1 aliphatic rings. The topological polar surface area (TPSA) is 43.1 Å². The zero-order valence-electron chi connectivity index (χ0n) is 11.6. The SMILES string of the molecule is CC1=C(C)C(/C=C/c2ccc([N+](=O)[O-])s2)C(C)=C1C. The van der Waals surface area contributed by atoms with E-state index in [4.69, 9.17) is 0 Å². The van der Waals surface area contributed by atoms with E-state index >= 15 is 0 Å². The Morgan fingerprint density at radius 3 is 2.21 bits per heavy atom. The highest BCUT2D eigenvalue weighted by molar-refractivity contribution is 7.16. The van der Waals surface area contributed by atoms with E-state index in [1.54, 1.807) is 12.1 Å². The molecule has 0 atom stereocenters. The summed E-state index contributed by atoms with van der Waals surface area (Å²) in [5.41, 5.74) is 5.48. The molecule has 0 spiro atoms. The number of nitro groups is 1. The van der Waals surface area contributed by atoms with Crippen molar-refractivity contribution in [1.82, 2.24) is 0 Å². The number of allylic oxidation sites excluding steroid dienone is 5. The third kappa shape index (κ3) is 2.54. The van der Waals surface area contributed by atoms with E-state index in [-0.39, 0.29) is 9.92 Å². The first-order chi connectivity index (χ1) is 8.91. The highest BCUT2D eigenvalue weighted by Crippen LogP contribution is 2.38. The summed E-state index contributed by atoms with van der Waals surface area (Å²) in [5.74, 6) is 0.334. The molecule has 1 heterocycles.